The normalized spacial score (nSPS) is 32.0. The number of carbonyl (C=O) groups excluding carboxylic acids is 12. The van der Waals surface area contributed by atoms with Gasteiger partial charge in [-0.1, -0.05) is 59.8 Å². The zero-order chi connectivity index (χ0) is 82.1. The first-order valence-corrected chi connectivity index (χ1v) is 39.8. The Morgan fingerprint density at radius 3 is 1.78 bits per heavy atom. The maximum atomic E-state index is 16.2. The minimum Gasteiger partial charge on any atom is -0.378 e. The summed E-state index contributed by atoms with van der Waals surface area (Å²) < 4.78 is 153. The Labute approximate surface area is 643 Å². The Balaban J connectivity index is 1.21. The molecule has 4 saturated heterocycles. The van der Waals surface area contributed by atoms with Crippen LogP contribution < -0.4 is 16.0 Å². The van der Waals surface area contributed by atoms with Crippen LogP contribution in [0, 0.1) is 41.4 Å². The Morgan fingerprint density at radius 1 is 0.604 bits per heavy atom. The van der Waals surface area contributed by atoms with Gasteiger partial charge in [0.2, 0.25) is 70.9 Å². The molecule has 4 aliphatic carbocycles. The van der Waals surface area contributed by atoms with Crippen molar-refractivity contribution in [3.8, 4) is 0 Å². The Kier molecular flexibility index (Phi) is 30.5. The van der Waals surface area contributed by atoms with Gasteiger partial charge in [0, 0.05) is 67.8 Å². The van der Waals surface area contributed by atoms with Crippen molar-refractivity contribution in [1.29, 1.82) is 0 Å². The molecule has 8 aliphatic rings. The van der Waals surface area contributed by atoms with Crippen LogP contribution in [0.2, 0.25) is 0 Å². The van der Waals surface area contributed by atoms with Crippen LogP contribution in [-0.2, 0) is 62.3 Å². The van der Waals surface area contributed by atoms with Gasteiger partial charge in [0.25, 0.3) is 5.92 Å². The number of rotatable bonds is 12. The van der Waals surface area contributed by atoms with Crippen molar-refractivity contribution in [3.63, 3.8) is 0 Å². The highest BCUT2D eigenvalue weighted by atomic mass is 19.4. The molecule has 0 radical (unpaired) electrons. The van der Waals surface area contributed by atoms with Gasteiger partial charge >= 0.3 is 12.4 Å². The number of likely N-dealkylation sites (N-methyl/N-ethyl adjacent to an activating group) is 6. The molecule has 4 aliphatic heterocycles. The summed E-state index contributed by atoms with van der Waals surface area (Å²) in [6.07, 6.45) is -17.6. The van der Waals surface area contributed by atoms with Crippen LogP contribution in [0.25, 0.3) is 0 Å². The maximum Gasteiger partial charge on any atom is 0.397 e. The second-order valence-corrected chi connectivity index (χ2v) is 33.1. The Morgan fingerprint density at radius 2 is 1.22 bits per heavy atom. The van der Waals surface area contributed by atoms with Crippen molar-refractivity contribution in [2.75, 3.05) is 94.3 Å². The summed E-state index contributed by atoms with van der Waals surface area (Å²) >= 11 is 0. The van der Waals surface area contributed by atoms with E-state index in [0.717, 1.165) is 31.5 Å². The van der Waals surface area contributed by atoms with E-state index < -0.39 is 249 Å². The summed E-state index contributed by atoms with van der Waals surface area (Å²) in [5, 5.41) is 7.94. The topological polar surface area (TPSA) is 279 Å². The van der Waals surface area contributed by atoms with E-state index in [-0.39, 0.29) is 116 Å². The van der Waals surface area contributed by atoms with E-state index in [2.05, 4.69) is 16.0 Å². The van der Waals surface area contributed by atoms with E-state index in [1.54, 1.807) is 34.6 Å². The van der Waals surface area contributed by atoms with Crippen molar-refractivity contribution in [1.82, 2.24) is 60.0 Å². The molecule has 0 aromatic rings. The predicted octanol–water partition coefficient (Wildman–Crippen LogP) is 6.97. The number of fused-ring (bicyclic) bond motifs is 3. The zero-order valence-electron chi connectivity index (χ0n) is 65.8. The number of hydrogen-bond donors (Lipinski definition) is 3. The fourth-order valence-corrected chi connectivity index (χ4v) is 17.9. The molecule has 8 rings (SSSR count). The average molecular weight is 1600 g/mol. The molecule has 12 amide bonds. The molecule has 4 saturated carbocycles. The lowest BCUT2D eigenvalue weighted by Gasteiger charge is -2.47. The van der Waals surface area contributed by atoms with E-state index in [9.17, 15) is 40.7 Å². The fraction of sp³-hybridized carbons (Fsp3) is 0.842. The number of nitrogens with zero attached hydrogens (tertiary/aromatic N) is 9. The van der Waals surface area contributed by atoms with Crippen LogP contribution in [0.15, 0.2) is 0 Å². The van der Waals surface area contributed by atoms with Gasteiger partial charge in [-0.05, 0) is 146 Å². The number of halogens is 10. The minimum atomic E-state index is -5.28. The molecule has 25 nitrogen and oxygen atoms in total. The van der Waals surface area contributed by atoms with Crippen molar-refractivity contribution in [2.45, 2.75) is 273 Å². The van der Waals surface area contributed by atoms with Gasteiger partial charge < -0.3 is 64.8 Å². The summed E-state index contributed by atoms with van der Waals surface area (Å²) in [7, 11) is 6.47. The van der Waals surface area contributed by atoms with Crippen molar-refractivity contribution >= 4 is 70.9 Å². The summed E-state index contributed by atoms with van der Waals surface area (Å²) in [6.45, 7) is 5.54. The predicted molar refractivity (Wildman–Crippen MR) is 384 cm³/mol. The molecule has 0 aromatic heterocycles. The Hall–Kier alpha value is -7.10. The van der Waals surface area contributed by atoms with Crippen LogP contribution in [-0.4, -0.2) is 294 Å². The molecule has 11 atom stereocenters. The van der Waals surface area contributed by atoms with Gasteiger partial charge in [-0.25, -0.2) is 17.6 Å². The van der Waals surface area contributed by atoms with Gasteiger partial charge in [-0.3, -0.25) is 57.5 Å². The summed E-state index contributed by atoms with van der Waals surface area (Å²) in [5.74, 6) is -22.6. The first kappa shape index (κ1) is 89.5. The van der Waals surface area contributed by atoms with Gasteiger partial charge in [0.1, 0.15) is 72.1 Å². The van der Waals surface area contributed by atoms with Crippen LogP contribution in [0.4, 0.5) is 43.9 Å². The molecule has 3 N–H and O–H groups in total. The van der Waals surface area contributed by atoms with E-state index >= 15 is 60.7 Å². The standard InChI is InChI=1S/C76H116F10N12O13/c1-11-45(5)62-70(108)91(7)42-60(101)92(8)53-21-14-13-17-30-97(69(53)107)55(38-46-22-25-49(26-23-46)75(81,82)83)67(105)90(6)41-58(99)87-52(27-24-47-36-50(77)61(51(78)37-47)76(84,85)86)66(104)98-43-74(79,80)40-57(98)65(103)89-73(28-18-29-73)72(110)94(10)63(48-19-15-16-20-48)71(109)96(12-2)56(68(106)95-31-33-111-34-32-95)39-59(100)93(9)54(35-44(3)4)64(102)88-62/h44-57,61-63H,11-43H2,1-10H3,(H,87,99)(H,88,102)(H,89,103)/t45-,46?,47?,49?,50?,51?,52-,53-,54-,55-,56-,57-,61?,62-,63-/m0/s1. The van der Waals surface area contributed by atoms with E-state index in [1.165, 1.54) is 42.9 Å². The monoisotopic (exact) mass is 1590 g/mol. The number of hydrogen-bond acceptors (Lipinski definition) is 13. The van der Waals surface area contributed by atoms with E-state index in [1.807, 2.05) is 0 Å². The molecular formula is C76H116F10N12O13. The highest BCUT2D eigenvalue weighted by Crippen LogP contribution is 2.46. The number of carbonyl (C=O) groups is 12. The molecule has 2 unspecified atom stereocenters. The molecule has 35 heteroatoms. The Bertz CT molecular complexity index is 3300. The lowest BCUT2D eigenvalue weighted by atomic mass is 9.74. The van der Waals surface area contributed by atoms with Gasteiger partial charge in [0.05, 0.1) is 45.2 Å². The van der Waals surface area contributed by atoms with Crippen LogP contribution in [0.3, 0.4) is 0 Å². The first-order chi connectivity index (χ1) is 52.0. The third-order valence-corrected chi connectivity index (χ3v) is 24.9. The molecular weight excluding hydrogens is 1480 g/mol. The zero-order valence-corrected chi connectivity index (χ0v) is 65.8. The van der Waals surface area contributed by atoms with E-state index in [4.69, 9.17) is 4.74 Å². The number of morpholine rings is 1. The van der Waals surface area contributed by atoms with Crippen LogP contribution >= 0.6 is 0 Å². The smallest absolute Gasteiger partial charge is 0.378 e. The van der Waals surface area contributed by atoms with Gasteiger partial charge in [-0.2, -0.15) is 26.3 Å². The number of amides is 12. The van der Waals surface area contributed by atoms with Crippen molar-refractivity contribution in [3.05, 3.63) is 0 Å². The largest absolute Gasteiger partial charge is 0.397 e. The number of ether oxygens (including phenoxy) is 1. The molecule has 2 bridgehead atoms. The lowest BCUT2D eigenvalue weighted by Crippen LogP contribution is -2.68. The summed E-state index contributed by atoms with van der Waals surface area (Å²) in [4.78, 5) is 192. The van der Waals surface area contributed by atoms with Gasteiger partial charge in [-0.15, -0.1) is 0 Å². The third-order valence-electron chi connectivity index (χ3n) is 24.9. The molecule has 111 heavy (non-hydrogen) atoms. The van der Waals surface area contributed by atoms with Crippen LogP contribution in [0.1, 0.15) is 189 Å². The number of nitrogens with one attached hydrogen (secondary N) is 3. The second-order valence-electron chi connectivity index (χ2n) is 33.1. The minimum absolute atomic E-state index is 0.0228. The highest BCUT2D eigenvalue weighted by Gasteiger charge is 2.58. The van der Waals surface area contributed by atoms with Crippen LogP contribution in [0.5, 0.6) is 0 Å². The molecule has 8 fully saturated rings. The summed E-state index contributed by atoms with van der Waals surface area (Å²) in [5.41, 5.74) is -1.91. The van der Waals surface area contributed by atoms with Crippen molar-refractivity contribution in [2.24, 2.45) is 41.4 Å². The van der Waals surface area contributed by atoms with Crippen molar-refractivity contribution < 1.29 is 106 Å². The maximum absolute atomic E-state index is 16.2. The third kappa shape index (κ3) is 21.7. The lowest BCUT2D eigenvalue weighted by molar-refractivity contribution is -0.219. The first-order valence-electron chi connectivity index (χ1n) is 39.8. The van der Waals surface area contributed by atoms with Gasteiger partial charge in [0.15, 0.2) is 0 Å². The van der Waals surface area contributed by atoms with E-state index in [0.29, 0.717) is 49.8 Å². The fourth-order valence-electron chi connectivity index (χ4n) is 17.9. The molecule has 4 heterocycles. The quantitative estimate of drug-likeness (QED) is 0.167. The number of alkyl halides is 10. The molecule has 1 spiro atoms. The molecule has 0 aromatic carbocycles. The second kappa shape index (κ2) is 37.9. The SMILES string of the molecule is CC[C@H](C)[C@@H]1NC(=O)[C@H](CC(C)C)N(C)C(=O)C[C@@H](C(=O)N2CCOCC2)N(CC)C(=O)[C@H](C2CCCC2)N(C)C(=O)C2(CCC2)NC(=O)[C@@H]2CC(F)(F)CN2C(=O)[C@H](CCC2CC(F)C(C(F)(F)F)C(F)C2)NC(=O)CN(C)C(=O)[C@H](CC2CCC(C(F)(F)F)CC2)N2CCCCC[C@@H](C2=O)N(C)C(=O)CN(C)C1=O. The highest BCUT2D eigenvalue weighted by molar-refractivity contribution is 6.01. The summed E-state index contributed by atoms with van der Waals surface area (Å²) in [6, 6.07) is -12.6. The molecule has 628 valence electrons. The average Bonchev–Trinajstić information content (AvgIpc) is 1.74.